The van der Waals surface area contributed by atoms with Crippen LogP contribution in [0.15, 0.2) is 29.4 Å². The zero-order chi connectivity index (χ0) is 17.7. The lowest BCUT2D eigenvalue weighted by Gasteiger charge is -2.11. The van der Waals surface area contributed by atoms with Gasteiger partial charge < -0.3 is 0 Å². The first-order valence-corrected chi connectivity index (χ1v) is 7.24. The lowest BCUT2D eigenvalue weighted by atomic mass is 9.96. The first-order chi connectivity index (χ1) is 11.7. The highest BCUT2D eigenvalue weighted by molar-refractivity contribution is 6.30. The number of nitrogens with zero attached hydrogens (tertiary/aromatic N) is 3. The molecule has 0 atom stereocenters. The zero-order valence-corrected chi connectivity index (χ0v) is 13.6. The van der Waals surface area contributed by atoms with Crippen LogP contribution in [-0.4, -0.2) is 6.54 Å². The fourth-order valence-electron chi connectivity index (χ4n) is 1.86. The Morgan fingerprint density at radius 2 is 1.50 bits per heavy atom. The van der Waals surface area contributed by atoms with Crippen LogP contribution >= 0.6 is 11.6 Å². The lowest BCUT2D eigenvalue weighted by molar-refractivity contribution is 0.701. The van der Waals surface area contributed by atoms with Crippen molar-refractivity contribution < 1.29 is 0 Å². The van der Waals surface area contributed by atoms with E-state index < -0.39 is 0 Å². The Morgan fingerprint density at radius 1 is 1.00 bits per heavy atom. The highest BCUT2D eigenvalue weighted by Crippen LogP contribution is 2.48. The van der Waals surface area contributed by atoms with Gasteiger partial charge in [0.1, 0.15) is 0 Å². The van der Waals surface area contributed by atoms with E-state index in [0.717, 1.165) is 17.9 Å². The Hall–Kier alpha value is -3.38. The molecule has 0 radical (unpaired) electrons. The number of terminal acetylenes is 2. The van der Waals surface area contributed by atoms with Crippen LogP contribution in [0.5, 0.6) is 0 Å². The summed E-state index contributed by atoms with van der Waals surface area (Å²) < 4.78 is 0. The van der Waals surface area contributed by atoms with E-state index in [2.05, 4.69) is 57.4 Å². The molecule has 0 spiro atoms. The van der Waals surface area contributed by atoms with Gasteiger partial charge in [0.15, 0.2) is 0 Å². The van der Waals surface area contributed by atoms with Crippen molar-refractivity contribution in [2.75, 3.05) is 6.54 Å². The van der Waals surface area contributed by atoms with Gasteiger partial charge in [-0.05, 0) is 83.4 Å². The molecule has 1 saturated carbocycles. The third-order valence-corrected chi connectivity index (χ3v) is 3.46. The minimum absolute atomic E-state index is 0.108. The summed E-state index contributed by atoms with van der Waals surface area (Å²) in [6, 6.07) is 7.80. The molecule has 0 bridgehead atoms. The molecule has 1 aromatic rings. The van der Waals surface area contributed by atoms with E-state index in [1.165, 1.54) is 5.56 Å². The predicted octanol–water partition coefficient (Wildman–Crippen LogP) is 3.94. The van der Waals surface area contributed by atoms with Crippen LogP contribution in [0.25, 0.3) is 10.4 Å². The maximum Gasteiger partial charge on any atom is 0.0406 e. The number of hydrogen-bond acceptors (Lipinski definition) is 1. The van der Waals surface area contributed by atoms with E-state index in [0.29, 0.717) is 6.54 Å². The monoisotopic (exact) mass is 329 g/mol. The number of halogens is 1. The van der Waals surface area contributed by atoms with Crippen molar-refractivity contribution >= 4 is 11.6 Å². The maximum absolute atomic E-state index is 8.29. The molecule has 114 valence electrons. The first-order valence-electron chi connectivity index (χ1n) is 6.86. The summed E-state index contributed by atoms with van der Waals surface area (Å²) >= 11 is 5.80. The van der Waals surface area contributed by atoms with Crippen LogP contribution in [0.3, 0.4) is 0 Å². The van der Waals surface area contributed by atoms with Gasteiger partial charge in [0.2, 0.25) is 0 Å². The van der Waals surface area contributed by atoms with Crippen molar-refractivity contribution in [3.8, 4) is 60.2 Å². The van der Waals surface area contributed by atoms with Gasteiger partial charge >= 0.3 is 0 Å². The fourth-order valence-corrected chi connectivity index (χ4v) is 1.98. The van der Waals surface area contributed by atoms with Gasteiger partial charge in [0.05, 0.1) is 0 Å². The molecular formula is C20H12ClN3. The molecule has 0 aromatic heterocycles. The summed E-state index contributed by atoms with van der Waals surface area (Å²) in [4.78, 5) is 2.80. The minimum atomic E-state index is 0.108. The molecule has 1 aliphatic carbocycles. The third kappa shape index (κ3) is 6.59. The van der Waals surface area contributed by atoms with Gasteiger partial charge in [-0.1, -0.05) is 28.8 Å². The van der Waals surface area contributed by atoms with E-state index in [1.807, 2.05) is 24.3 Å². The van der Waals surface area contributed by atoms with Crippen molar-refractivity contribution in [3.63, 3.8) is 0 Å². The smallest absolute Gasteiger partial charge is 0.0406 e. The van der Waals surface area contributed by atoms with E-state index in [4.69, 9.17) is 30.0 Å². The second-order valence-corrected chi connectivity index (χ2v) is 5.15. The van der Waals surface area contributed by atoms with Crippen molar-refractivity contribution in [1.82, 2.24) is 0 Å². The van der Waals surface area contributed by atoms with Gasteiger partial charge in [0.25, 0.3) is 0 Å². The van der Waals surface area contributed by atoms with Gasteiger partial charge in [-0.3, -0.25) is 0 Å². The van der Waals surface area contributed by atoms with E-state index in [-0.39, 0.29) is 5.41 Å². The Labute approximate surface area is 147 Å². The van der Waals surface area contributed by atoms with E-state index in [9.17, 15) is 0 Å². The molecule has 24 heavy (non-hydrogen) atoms. The molecule has 1 aromatic carbocycles. The lowest BCUT2D eigenvalue weighted by Crippen LogP contribution is -2.09. The number of hydrogen-bond donors (Lipinski definition) is 0. The summed E-state index contributed by atoms with van der Waals surface area (Å²) in [7, 11) is 0. The summed E-state index contributed by atoms with van der Waals surface area (Å²) in [5.41, 5.74) is 9.62. The van der Waals surface area contributed by atoms with Crippen LogP contribution in [0.4, 0.5) is 0 Å². The second kappa shape index (κ2) is 10.4. The minimum Gasteiger partial charge on any atom is -0.106 e. The van der Waals surface area contributed by atoms with Crippen molar-refractivity contribution in [2.45, 2.75) is 18.3 Å². The molecule has 1 aliphatic rings. The summed E-state index contributed by atoms with van der Waals surface area (Å²) in [6.45, 7) is 0.561. The van der Waals surface area contributed by atoms with E-state index in [1.54, 1.807) is 0 Å². The SMILES string of the molecule is C#CC#CC#CC#CC#C.[N-]=[N+]=NCC1(c2ccc(Cl)cc2)CC1. The normalized spacial score (nSPS) is 11.5. The summed E-state index contributed by atoms with van der Waals surface area (Å²) in [5, 5.41) is 4.40. The van der Waals surface area contributed by atoms with Crippen LogP contribution in [0, 0.1) is 60.2 Å². The van der Waals surface area contributed by atoms with Crippen molar-refractivity contribution in [2.24, 2.45) is 5.11 Å². The van der Waals surface area contributed by atoms with Crippen LogP contribution in [0.1, 0.15) is 18.4 Å². The Morgan fingerprint density at radius 3 is 1.92 bits per heavy atom. The second-order valence-electron chi connectivity index (χ2n) is 4.71. The molecule has 0 saturated heterocycles. The molecule has 0 unspecified atom stereocenters. The fraction of sp³-hybridized carbons (Fsp3) is 0.200. The standard InChI is InChI=1S/C10H10ClN3.C10H2/c11-9-3-1-8(2-4-9)10(5-6-10)7-13-14-12;1-3-5-7-9-10-8-6-4-2/h1-4H,5-7H2;1-2H. The largest absolute Gasteiger partial charge is 0.106 e. The summed E-state index contributed by atoms with van der Waals surface area (Å²) in [6.07, 6.45) is 11.8. The van der Waals surface area contributed by atoms with Crippen LogP contribution in [-0.2, 0) is 5.41 Å². The average molecular weight is 330 g/mol. The molecule has 3 nitrogen and oxygen atoms in total. The molecule has 2 rings (SSSR count). The number of azide groups is 1. The Balaban J connectivity index is 0.000000257. The third-order valence-electron chi connectivity index (χ3n) is 3.20. The maximum atomic E-state index is 8.29. The zero-order valence-electron chi connectivity index (χ0n) is 12.8. The molecule has 1 fully saturated rings. The van der Waals surface area contributed by atoms with Crippen molar-refractivity contribution in [1.29, 1.82) is 0 Å². The Kier molecular flexibility index (Phi) is 8.06. The molecule has 0 aliphatic heterocycles. The predicted molar refractivity (Wildman–Crippen MR) is 97.4 cm³/mol. The van der Waals surface area contributed by atoms with Gasteiger partial charge in [-0.25, -0.2) is 0 Å². The van der Waals surface area contributed by atoms with Crippen molar-refractivity contribution in [3.05, 3.63) is 45.3 Å². The van der Waals surface area contributed by atoms with Crippen LogP contribution in [0.2, 0.25) is 5.02 Å². The quantitative estimate of drug-likeness (QED) is 0.349. The summed E-state index contributed by atoms with van der Waals surface area (Å²) in [5.74, 6) is 18.4. The van der Waals surface area contributed by atoms with Gasteiger partial charge in [-0.2, -0.15) is 0 Å². The molecular weight excluding hydrogens is 318 g/mol. The molecule has 0 amide bonds. The Bertz CT molecular complexity index is 848. The number of benzene rings is 1. The van der Waals surface area contributed by atoms with Gasteiger partial charge in [0, 0.05) is 21.9 Å². The van der Waals surface area contributed by atoms with Crippen LogP contribution < -0.4 is 0 Å². The molecule has 4 heteroatoms. The average Bonchev–Trinajstić information content (AvgIpc) is 3.38. The highest BCUT2D eigenvalue weighted by Gasteiger charge is 2.43. The number of rotatable bonds is 3. The molecule has 0 N–H and O–H groups in total. The van der Waals surface area contributed by atoms with Gasteiger partial charge in [-0.15, -0.1) is 12.8 Å². The first kappa shape index (κ1) is 18.7. The topological polar surface area (TPSA) is 48.8 Å². The highest BCUT2D eigenvalue weighted by atomic mass is 35.5. The molecule has 0 heterocycles. The van der Waals surface area contributed by atoms with E-state index >= 15 is 0 Å².